The van der Waals surface area contributed by atoms with Crippen LogP contribution in [0.5, 0.6) is 0 Å². The van der Waals surface area contributed by atoms with E-state index >= 15 is 0 Å². The van der Waals surface area contributed by atoms with Gasteiger partial charge in [0.2, 0.25) is 0 Å². The molecule has 6 heteroatoms. The predicted molar refractivity (Wildman–Crippen MR) is 237 cm³/mol. The highest BCUT2D eigenvalue weighted by atomic mass is 15.0. The van der Waals surface area contributed by atoms with Gasteiger partial charge in [-0.1, -0.05) is 152 Å². The standard InChI is InChI=1S/C52H32N6/c1-3-13-35(14-4-1)49-54-50(36-15-5-2-6-16-36)56-51(55-49)37-25-23-33(24-26-37)34-27-29-38(30-28-34)57-44-20-10-7-17-39(44)40-31-32-42-47(48(40)57)41-18-8-11-21-45(41)58-46-22-12-9-19-43(46)53-52(42)58/h1-32H. The molecule has 8 aromatic carbocycles. The topological polar surface area (TPSA) is 60.9 Å². The highest BCUT2D eigenvalue weighted by Gasteiger charge is 2.21. The van der Waals surface area contributed by atoms with Gasteiger partial charge in [-0.2, -0.15) is 0 Å². The molecule has 270 valence electrons. The first kappa shape index (κ1) is 32.3. The third-order valence-corrected chi connectivity index (χ3v) is 11.4. The van der Waals surface area contributed by atoms with Gasteiger partial charge in [-0.3, -0.25) is 4.40 Å². The van der Waals surface area contributed by atoms with E-state index in [0.29, 0.717) is 17.5 Å². The van der Waals surface area contributed by atoms with E-state index in [1.807, 2.05) is 60.7 Å². The van der Waals surface area contributed by atoms with E-state index in [-0.39, 0.29) is 0 Å². The normalized spacial score (nSPS) is 11.8. The van der Waals surface area contributed by atoms with Crippen LogP contribution in [0.1, 0.15) is 0 Å². The minimum absolute atomic E-state index is 0.640. The van der Waals surface area contributed by atoms with Crippen molar-refractivity contribution in [2.75, 3.05) is 0 Å². The van der Waals surface area contributed by atoms with Crippen molar-refractivity contribution in [3.05, 3.63) is 194 Å². The number of pyridine rings is 1. The number of hydrogen-bond donors (Lipinski definition) is 0. The van der Waals surface area contributed by atoms with Gasteiger partial charge >= 0.3 is 0 Å². The number of imidazole rings is 1. The highest BCUT2D eigenvalue weighted by molar-refractivity contribution is 6.28. The fourth-order valence-electron chi connectivity index (χ4n) is 8.67. The van der Waals surface area contributed by atoms with Crippen molar-refractivity contribution in [1.82, 2.24) is 28.9 Å². The highest BCUT2D eigenvalue weighted by Crippen LogP contribution is 2.42. The number of nitrogens with zero attached hydrogens (tertiary/aromatic N) is 6. The number of rotatable bonds is 5. The second-order valence-electron chi connectivity index (χ2n) is 14.7. The fourth-order valence-corrected chi connectivity index (χ4v) is 8.67. The molecular formula is C52H32N6. The Morgan fingerprint density at radius 3 is 1.45 bits per heavy atom. The molecule has 0 spiro atoms. The summed E-state index contributed by atoms with van der Waals surface area (Å²) in [6.45, 7) is 0. The number of para-hydroxylation sites is 4. The number of benzene rings is 8. The third kappa shape index (κ3) is 4.98. The lowest BCUT2D eigenvalue weighted by Gasteiger charge is -2.14. The molecule has 0 saturated heterocycles. The van der Waals surface area contributed by atoms with Gasteiger partial charge in [0.15, 0.2) is 17.5 Å². The van der Waals surface area contributed by atoms with Crippen LogP contribution in [0.25, 0.3) is 111 Å². The second-order valence-corrected chi connectivity index (χ2v) is 14.7. The summed E-state index contributed by atoms with van der Waals surface area (Å²) in [7, 11) is 0. The van der Waals surface area contributed by atoms with Gasteiger partial charge in [0.25, 0.3) is 0 Å². The molecule has 6 nitrogen and oxygen atoms in total. The number of fused-ring (bicyclic) bond motifs is 12. The van der Waals surface area contributed by atoms with E-state index < -0.39 is 0 Å². The van der Waals surface area contributed by atoms with E-state index in [4.69, 9.17) is 19.9 Å². The van der Waals surface area contributed by atoms with Gasteiger partial charge in [0, 0.05) is 49.3 Å². The summed E-state index contributed by atoms with van der Waals surface area (Å²) in [6, 6.07) is 68.0. The van der Waals surface area contributed by atoms with Gasteiger partial charge in [-0.05, 0) is 53.6 Å². The van der Waals surface area contributed by atoms with E-state index in [1.165, 1.54) is 32.6 Å². The van der Waals surface area contributed by atoms with Crippen molar-refractivity contribution in [2.45, 2.75) is 0 Å². The molecule has 0 aliphatic heterocycles. The average molecular weight is 741 g/mol. The summed E-state index contributed by atoms with van der Waals surface area (Å²) >= 11 is 0. The Kier molecular flexibility index (Phi) is 7.13. The average Bonchev–Trinajstić information content (AvgIpc) is 3.86. The molecule has 58 heavy (non-hydrogen) atoms. The first-order valence-corrected chi connectivity index (χ1v) is 19.5. The summed E-state index contributed by atoms with van der Waals surface area (Å²) in [4.78, 5) is 19.9. The zero-order valence-corrected chi connectivity index (χ0v) is 31.2. The smallest absolute Gasteiger partial charge is 0.164 e. The van der Waals surface area contributed by atoms with Crippen molar-refractivity contribution in [2.24, 2.45) is 0 Å². The van der Waals surface area contributed by atoms with Crippen molar-refractivity contribution in [3.8, 4) is 51.0 Å². The van der Waals surface area contributed by atoms with Gasteiger partial charge < -0.3 is 4.57 Å². The quantitative estimate of drug-likeness (QED) is 0.165. The molecule has 0 N–H and O–H groups in total. The summed E-state index contributed by atoms with van der Waals surface area (Å²) in [5, 5.41) is 5.98. The summed E-state index contributed by atoms with van der Waals surface area (Å²) < 4.78 is 4.75. The maximum absolute atomic E-state index is 5.21. The van der Waals surface area contributed by atoms with Crippen LogP contribution in [0.15, 0.2) is 194 Å². The molecule has 0 saturated carbocycles. The molecule has 4 heterocycles. The number of hydrogen-bond acceptors (Lipinski definition) is 4. The third-order valence-electron chi connectivity index (χ3n) is 11.4. The zero-order chi connectivity index (χ0) is 38.2. The molecule has 0 amide bonds. The largest absolute Gasteiger partial charge is 0.309 e. The van der Waals surface area contributed by atoms with Gasteiger partial charge in [-0.15, -0.1) is 0 Å². The molecule has 0 atom stereocenters. The second kappa shape index (κ2) is 12.8. The maximum Gasteiger partial charge on any atom is 0.164 e. The first-order valence-electron chi connectivity index (χ1n) is 19.5. The van der Waals surface area contributed by atoms with Crippen LogP contribution in [0.4, 0.5) is 0 Å². The fraction of sp³-hybridized carbons (Fsp3) is 0. The van der Waals surface area contributed by atoms with Crippen LogP contribution in [-0.4, -0.2) is 28.9 Å². The van der Waals surface area contributed by atoms with Crippen LogP contribution in [-0.2, 0) is 0 Å². The minimum Gasteiger partial charge on any atom is -0.309 e. The Hall–Kier alpha value is -7.96. The Balaban J connectivity index is 0.986. The molecule has 0 fully saturated rings. The van der Waals surface area contributed by atoms with E-state index in [2.05, 4.69) is 142 Å². The Labute approximate surface area is 333 Å². The van der Waals surface area contributed by atoms with Crippen molar-refractivity contribution >= 4 is 60.2 Å². The Bertz CT molecular complexity index is 3470. The van der Waals surface area contributed by atoms with Gasteiger partial charge in [-0.25, -0.2) is 19.9 Å². The monoisotopic (exact) mass is 740 g/mol. The van der Waals surface area contributed by atoms with Crippen LogP contribution in [0, 0.1) is 0 Å². The maximum atomic E-state index is 5.21. The molecule has 12 rings (SSSR count). The Morgan fingerprint density at radius 1 is 0.310 bits per heavy atom. The molecule has 0 radical (unpaired) electrons. The molecule has 4 aromatic heterocycles. The molecule has 0 aliphatic carbocycles. The van der Waals surface area contributed by atoms with Crippen LogP contribution in [0.3, 0.4) is 0 Å². The van der Waals surface area contributed by atoms with Gasteiger partial charge in [0.05, 0.1) is 27.6 Å². The number of aromatic nitrogens is 6. The van der Waals surface area contributed by atoms with E-state index in [9.17, 15) is 0 Å². The van der Waals surface area contributed by atoms with Crippen molar-refractivity contribution in [3.63, 3.8) is 0 Å². The summed E-state index contributed by atoms with van der Waals surface area (Å²) in [5.74, 6) is 1.94. The molecule has 0 aliphatic rings. The molecular weight excluding hydrogens is 709 g/mol. The van der Waals surface area contributed by atoms with Crippen LogP contribution >= 0.6 is 0 Å². The SMILES string of the molecule is c1ccc(-c2nc(-c3ccccc3)nc(-c3ccc(-c4ccc(-n5c6ccccc6c6ccc7c(c8ccccc8n8c9ccccc9nc78)c65)cc4)cc3)n2)cc1. The van der Waals surface area contributed by atoms with E-state index in [0.717, 1.165) is 61.1 Å². The molecule has 0 bridgehead atoms. The summed E-state index contributed by atoms with van der Waals surface area (Å²) in [5.41, 5.74) is 12.7. The van der Waals surface area contributed by atoms with Crippen LogP contribution in [0.2, 0.25) is 0 Å². The molecule has 12 aromatic rings. The Morgan fingerprint density at radius 2 is 0.793 bits per heavy atom. The molecule has 0 unspecified atom stereocenters. The first-order chi connectivity index (χ1) is 28.8. The lowest BCUT2D eigenvalue weighted by molar-refractivity contribution is 1.07. The lowest BCUT2D eigenvalue weighted by atomic mass is 10.0. The van der Waals surface area contributed by atoms with E-state index in [1.54, 1.807) is 0 Å². The predicted octanol–water partition coefficient (Wildman–Crippen LogP) is 12.7. The van der Waals surface area contributed by atoms with Crippen molar-refractivity contribution in [1.29, 1.82) is 0 Å². The zero-order valence-electron chi connectivity index (χ0n) is 31.2. The minimum atomic E-state index is 0.640. The van der Waals surface area contributed by atoms with Crippen molar-refractivity contribution < 1.29 is 0 Å². The van der Waals surface area contributed by atoms with Crippen LogP contribution < -0.4 is 0 Å². The lowest BCUT2D eigenvalue weighted by Crippen LogP contribution is -2.00. The van der Waals surface area contributed by atoms with Gasteiger partial charge in [0.1, 0.15) is 5.65 Å². The summed E-state index contributed by atoms with van der Waals surface area (Å²) in [6.07, 6.45) is 0.